The van der Waals surface area contributed by atoms with Gasteiger partial charge in [0.2, 0.25) is 0 Å². The van der Waals surface area contributed by atoms with Crippen molar-refractivity contribution >= 4 is 17.7 Å². The average Bonchev–Trinajstić information content (AvgIpc) is 3.07. The maximum atomic E-state index is 13.3. The standard InChI is InChI=1S/C23H22FN3O4/c1-14-20(15(2)26-21(14)23(30)31-3)19(28)13-27(12-16-8-10-25-11-9-16)22(29)17-4-6-18(24)7-5-17/h4-11,26H,12-13H2,1-3H3. The van der Waals surface area contributed by atoms with E-state index in [1.54, 1.807) is 38.4 Å². The van der Waals surface area contributed by atoms with Crippen molar-refractivity contribution in [2.45, 2.75) is 20.4 Å². The molecule has 0 saturated heterocycles. The van der Waals surface area contributed by atoms with Gasteiger partial charge in [0.05, 0.1) is 13.7 Å². The lowest BCUT2D eigenvalue weighted by molar-refractivity contribution is 0.0593. The molecule has 8 heteroatoms. The van der Waals surface area contributed by atoms with Gasteiger partial charge in [-0.2, -0.15) is 0 Å². The summed E-state index contributed by atoms with van der Waals surface area (Å²) < 4.78 is 18.0. The van der Waals surface area contributed by atoms with Gasteiger partial charge < -0.3 is 14.6 Å². The number of methoxy groups -OCH3 is 1. The van der Waals surface area contributed by atoms with Gasteiger partial charge in [0.25, 0.3) is 5.91 Å². The van der Waals surface area contributed by atoms with Crippen molar-refractivity contribution in [3.05, 3.63) is 88.3 Å². The molecule has 0 aliphatic heterocycles. The number of hydrogen-bond acceptors (Lipinski definition) is 5. The number of carbonyl (C=O) groups is 3. The number of ketones is 1. The van der Waals surface area contributed by atoms with E-state index in [4.69, 9.17) is 4.74 Å². The summed E-state index contributed by atoms with van der Waals surface area (Å²) in [7, 11) is 1.26. The van der Waals surface area contributed by atoms with Gasteiger partial charge in [-0.3, -0.25) is 14.6 Å². The van der Waals surface area contributed by atoms with E-state index in [2.05, 4.69) is 9.97 Å². The largest absolute Gasteiger partial charge is 0.464 e. The molecule has 7 nitrogen and oxygen atoms in total. The van der Waals surface area contributed by atoms with Gasteiger partial charge in [-0.15, -0.1) is 0 Å². The number of esters is 1. The van der Waals surface area contributed by atoms with Gasteiger partial charge in [-0.25, -0.2) is 9.18 Å². The van der Waals surface area contributed by atoms with Crippen molar-refractivity contribution in [1.29, 1.82) is 0 Å². The van der Waals surface area contributed by atoms with E-state index in [0.29, 0.717) is 16.8 Å². The molecule has 0 unspecified atom stereocenters. The summed E-state index contributed by atoms with van der Waals surface area (Å²) in [5.74, 6) is -1.77. The van der Waals surface area contributed by atoms with Crippen LogP contribution in [0.1, 0.15) is 48.0 Å². The van der Waals surface area contributed by atoms with Crippen molar-refractivity contribution in [3.63, 3.8) is 0 Å². The summed E-state index contributed by atoms with van der Waals surface area (Å²) in [6.07, 6.45) is 3.20. The predicted molar refractivity (Wildman–Crippen MR) is 111 cm³/mol. The van der Waals surface area contributed by atoms with Crippen LogP contribution >= 0.6 is 0 Å². The van der Waals surface area contributed by atoms with E-state index in [-0.39, 0.29) is 30.1 Å². The number of carbonyl (C=O) groups excluding carboxylic acids is 3. The van der Waals surface area contributed by atoms with Crippen LogP contribution in [0.25, 0.3) is 0 Å². The van der Waals surface area contributed by atoms with E-state index >= 15 is 0 Å². The van der Waals surface area contributed by atoms with Crippen LogP contribution in [-0.2, 0) is 11.3 Å². The summed E-state index contributed by atoms with van der Waals surface area (Å²) in [5, 5.41) is 0. The van der Waals surface area contributed by atoms with Crippen molar-refractivity contribution in [3.8, 4) is 0 Å². The van der Waals surface area contributed by atoms with Crippen LogP contribution in [0.3, 0.4) is 0 Å². The second kappa shape index (κ2) is 9.34. The van der Waals surface area contributed by atoms with Gasteiger partial charge in [-0.1, -0.05) is 0 Å². The van der Waals surface area contributed by atoms with E-state index < -0.39 is 17.7 Å². The number of aryl methyl sites for hydroxylation is 1. The van der Waals surface area contributed by atoms with Crippen LogP contribution in [0.5, 0.6) is 0 Å². The number of benzene rings is 1. The third-order valence-corrected chi connectivity index (χ3v) is 4.94. The topological polar surface area (TPSA) is 92.4 Å². The Morgan fingerprint density at radius 3 is 2.32 bits per heavy atom. The quantitative estimate of drug-likeness (QED) is 0.464. The van der Waals surface area contributed by atoms with Crippen LogP contribution in [0.2, 0.25) is 0 Å². The highest BCUT2D eigenvalue weighted by molar-refractivity contribution is 6.05. The monoisotopic (exact) mass is 423 g/mol. The Kier molecular flexibility index (Phi) is 6.59. The fourth-order valence-electron chi connectivity index (χ4n) is 3.41. The van der Waals surface area contributed by atoms with Crippen LogP contribution < -0.4 is 0 Å². The number of hydrogen-bond donors (Lipinski definition) is 1. The molecule has 0 aliphatic carbocycles. The lowest BCUT2D eigenvalue weighted by Gasteiger charge is -2.22. The highest BCUT2D eigenvalue weighted by atomic mass is 19.1. The van der Waals surface area contributed by atoms with Gasteiger partial charge in [0, 0.05) is 35.8 Å². The molecule has 0 saturated carbocycles. The number of aromatic amines is 1. The van der Waals surface area contributed by atoms with Crippen LogP contribution in [-0.4, -0.2) is 46.2 Å². The van der Waals surface area contributed by atoms with Crippen molar-refractivity contribution in [2.24, 2.45) is 0 Å². The fourth-order valence-corrected chi connectivity index (χ4v) is 3.41. The average molecular weight is 423 g/mol. The zero-order valence-corrected chi connectivity index (χ0v) is 17.4. The molecule has 3 aromatic rings. The SMILES string of the molecule is COC(=O)c1[nH]c(C)c(C(=O)CN(Cc2ccncc2)C(=O)c2ccc(F)cc2)c1C. The summed E-state index contributed by atoms with van der Waals surface area (Å²) >= 11 is 0. The Morgan fingerprint density at radius 2 is 1.71 bits per heavy atom. The maximum absolute atomic E-state index is 13.3. The number of halogens is 1. The zero-order valence-electron chi connectivity index (χ0n) is 17.4. The second-order valence-electron chi connectivity index (χ2n) is 7.06. The third kappa shape index (κ3) is 4.85. The van der Waals surface area contributed by atoms with Gasteiger partial charge in [0.1, 0.15) is 11.5 Å². The Balaban J connectivity index is 1.92. The van der Waals surface area contributed by atoms with Crippen LogP contribution in [0.15, 0.2) is 48.8 Å². The minimum absolute atomic E-state index is 0.164. The number of H-pyrrole nitrogens is 1. The highest BCUT2D eigenvalue weighted by Crippen LogP contribution is 2.21. The first kappa shape index (κ1) is 21.9. The molecule has 0 bridgehead atoms. The van der Waals surface area contributed by atoms with Crippen LogP contribution in [0.4, 0.5) is 4.39 Å². The maximum Gasteiger partial charge on any atom is 0.354 e. The molecule has 0 fully saturated rings. The predicted octanol–water partition coefficient (Wildman–Crippen LogP) is 3.48. The van der Waals surface area contributed by atoms with Gasteiger partial charge in [0.15, 0.2) is 5.78 Å². The van der Waals surface area contributed by atoms with E-state index in [0.717, 1.165) is 5.56 Å². The third-order valence-electron chi connectivity index (χ3n) is 4.94. The Labute approximate surface area is 178 Å². The fraction of sp³-hybridized carbons (Fsp3) is 0.217. The normalized spacial score (nSPS) is 10.6. The number of Topliss-reactive ketones (excluding diaryl/α,β-unsaturated/α-hetero) is 1. The molecule has 2 aromatic heterocycles. The molecule has 3 rings (SSSR count). The minimum atomic E-state index is -0.573. The molecule has 1 amide bonds. The molecule has 1 N–H and O–H groups in total. The van der Waals surface area contributed by atoms with Crippen molar-refractivity contribution in [1.82, 2.24) is 14.9 Å². The molecular weight excluding hydrogens is 401 g/mol. The molecule has 2 heterocycles. The first-order chi connectivity index (χ1) is 14.8. The minimum Gasteiger partial charge on any atom is -0.464 e. The Hall–Kier alpha value is -3.81. The number of amides is 1. The second-order valence-corrected chi connectivity index (χ2v) is 7.06. The molecule has 0 spiro atoms. The molecule has 0 radical (unpaired) electrons. The lowest BCUT2D eigenvalue weighted by atomic mass is 10.0. The molecule has 160 valence electrons. The molecule has 0 aliphatic rings. The first-order valence-corrected chi connectivity index (χ1v) is 9.56. The molecule has 1 aromatic carbocycles. The highest BCUT2D eigenvalue weighted by Gasteiger charge is 2.26. The Morgan fingerprint density at radius 1 is 1.06 bits per heavy atom. The number of nitrogens with one attached hydrogen (secondary N) is 1. The zero-order chi connectivity index (χ0) is 22.5. The van der Waals surface area contributed by atoms with Crippen LogP contribution in [0, 0.1) is 19.7 Å². The molecule has 0 atom stereocenters. The Bertz CT molecular complexity index is 1110. The molecule has 31 heavy (non-hydrogen) atoms. The van der Waals surface area contributed by atoms with Gasteiger partial charge >= 0.3 is 5.97 Å². The van der Waals surface area contributed by atoms with Gasteiger partial charge in [-0.05, 0) is 61.4 Å². The van der Waals surface area contributed by atoms with Crippen molar-refractivity contribution < 1.29 is 23.5 Å². The molecular formula is C23H22FN3O4. The summed E-state index contributed by atoms with van der Waals surface area (Å²) in [4.78, 5) is 46.4. The number of aromatic nitrogens is 2. The summed E-state index contributed by atoms with van der Waals surface area (Å²) in [6.45, 7) is 3.27. The lowest BCUT2D eigenvalue weighted by Crippen LogP contribution is -2.35. The van der Waals surface area contributed by atoms with Crippen molar-refractivity contribution in [2.75, 3.05) is 13.7 Å². The first-order valence-electron chi connectivity index (χ1n) is 9.56. The van der Waals surface area contributed by atoms with E-state index in [1.807, 2.05) is 0 Å². The number of pyridine rings is 1. The number of nitrogens with zero attached hydrogens (tertiary/aromatic N) is 2. The number of ether oxygens (including phenoxy) is 1. The number of rotatable bonds is 7. The summed E-state index contributed by atoms with van der Waals surface area (Å²) in [5.41, 5.74) is 2.58. The smallest absolute Gasteiger partial charge is 0.354 e. The van der Waals surface area contributed by atoms with E-state index in [9.17, 15) is 18.8 Å². The van der Waals surface area contributed by atoms with E-state index in [1.165, 1.54) is 36.3 Å². The summed E-state index contributed by atoms with van der Waals surface area (Å²) in [6, 6.07) is 8.65.